The Morgan fingerprint density at radius 1 is 1.15 bits per heavy atom. The number of amides is 1. The molecule has 0 saturated heterocycles. The molecule has 1 heterocycles. The average Bonchev–Trinajstić information content (AvgIpc) is 2.45. The fourth-order valence-corrected chi connectivity index (χ4v) is 1.63. The lowest BCUT2D eigenvalue weighted by molar-refractivity contribution is 0.102. The minimum Gasteiger partial charge on any atom is -0.306 e. The predicted molar refractivity (Wildman–Crippen MR) is 79.4 cm³/mol. The van der Waals surface area contributed by atoms with E-state index in [0.717, 1.165) is 11.1 Å². The Labute approximate surface area is 118 Å². The summed E-state index contributed by atoms with van der Waals surface area (Å²) in [7, 11) is 0. The van der Waals surface area contributed by atoms with Gasteiger partial charge in [0.15, 0.2) is 0 Å². The van der Waals surface area contributed by atoms with Crippen molar-refractivity contribution in [2.75, 3.05) is 5.32 Å². The largest absolute Gasteiger partial charge is 0.306 e. The molecule has 0 aliphatic carbocycles. The van der Waals surface area contributed by atoms with Gasteiger partial charge in [-0.15, -0.1) is 0 Å². The number of carbonyl (C=O) groups excluding carboxylic acids is 1. The van der Waals surface area contributed by atoms with E-state index in [-0.39, 0.29) is 11.7 Å². The average molecular weight is 274 g/mol. The number of anilines is 1. The maximum atomic E-state index is 12.7. The molecule has 1 aromatic carbocycles. The lowest BCUT2D eigenvalue weighted by Gasteiger charge is -2.07. The Morgan fingerprint density at radius 2 is 1.75 bits per heavy atom. The highest BCUT2D eigenvalue weighted by molar-refractivity contribution is 6.04. The molecule has 20 heavy (non-hydrogen) atoms. The van der Waals surface area contributed by atoms with Gasteiger partial charge in [-0.3, -0.25) is 4.79 Å². The van der Waals surface area contributed by atoms with Crippen molar-refractivity contribution in [1.29, 1.82) is 0 Å². The fourth-order valence-electron chi connectivity index (χ4n) is 1.63. The number of nitrogens with zero attached hydrogens (tertiary/aromatic N) is 1. The molecular weight excluding hydrogens is 255 g/mol. The Bertz CT molecular complexity index is 580. The van der Waals surface area contributed by atoms with Gasteiger partial charge in [-0.2, -0.15) is 0 Å². The number of pyridine rings is 1. The molecule has 4 heteroatoms. The van der Waals surface area contributed by atoms with Crippen LogP contribution in [-0.2, 0) is 0 Å². The standard InChI is InChI=1S/C14H13FN2O.C2H6/c1-9-7-10(2)13(16-8-9)17-14(18)11-3-5-12(15)6-4-11;1-2/h3-8H,1-2H3,(H,16,17,18);1-2H3. The molecule has 0 saturated carbocycles. The Morgan fingerprint density at radius 3 is 2.30 bits per heavy atom. The molecule has 2 aromatic rings. The second kappa shape index (κ2) is 7.38. The van der Waals surface area contributed by atoms with Crippen molar-refractivity contribution in [3.63, 3.8) is 0 Å². The van der Waals surface area contributed by atoms with Gasteiger partial charge in [-0.25, -0.2) is 9.37 Å². The van der Waals surface area contributed by atoms with Crippen LogP contribution in [0.3, 0.4) is 0 Å². The first kappa shape index (κ1) is 15.8. The van der Waals surface area contributed by atoms with Crippen LogP contribution in [0.4, 0.5) is 10.2 Å². The van der Waals surface area contributed by atoms with Crippen LogP contribution in [0.5, 0.6) is 0 Å². The molecule has 1 amide bonds. The summed E-state index contributed by atoms with van der Waals surface area (Å²) in [4.78, 5) is 16.0. The van der Waals surface area contributed by atoms with Gasteiger partial charge in [0.2, 0.25) is 0 Å². The number of hydrogen-bond donors (Lipinski definition) is 1. The van der Waals surface area contributed by atoms with Crippen LogP contribution in [0.1, 0.15) is 35.3 Å². The van der Waals surface area contributed by atoms with E-state index in [2.05, 4.69) is 10.3 Å². The minimum absolute atomic E-state index is 0.297. The van der Waals surface area contributed by atoms with Crippen molar-refractivity contribution in [3.8, 4) is 0 Å². The molecule has 0 spiro atoms. The number of halogens is 1. The van der Waals surface area contributed by atoms with Gasteiger partial charge in [-0.1, -0.05) is 19.9 Å². The number of carbonyl (C=O) groups is 1. The van der Waals surface area contributed by atoms with Crippen LogP contribution in [0, 0.1) is 19.7 Å². The first-order chi connectivity index (χ1) is 9.56. The maximum Gasteiger partial charge on any atom is 0.256 e. The van der Waals surface area contributed by atoms with Gasteiger partial charge in [0.1, 0.15) is 11.6 Å². The van der Waals surface area contributed by atoms with Gasteiger partial charge >= 0.3 is 0 Å². The topological polar surface area (TPSA) is 42.0 Å². The van der Waals surface area contributed by atoms with Crippen LogP contribution in [0.25, 0.3) is 0 Å². The van der Waals surface area contributed by atoms with E-state index < -0.39 is 0 Å². The molecule has 0 bridgehead atoms. The summed E-state index contributed by atoms with van der Waals surface area (Å²) in [5, 5.41) is 2.70. The highest BCUT2D eigenvalue weighted by Crippen LogP contribution is 2.13. The zero-order chi connectivity index (χ0) is 15.1. The van der Waals surface area contributed by atoms with Crippen molar-refractivity contribution in [2.24, 2.45) is 0 Å². The monoisotopic (exact) mass is 274 g/mol. The molecule has 0 unspecified atom stereocenters. The molecule has 0 aliphatic rings. The summed E-state index contributed by atoms with van der Waals surface area (Å²) in [5.41, 5.74) is 2.33. The van der Waals surface area contributed by atoms with Crippen LogP contribution < -0.4 is 5.32 Å². The number of rotatable bonds is 2. The second-order valence-corrected chi connectivity index (χ2v) is 4.14. The Kier molecular flexibility index (Phi) is 5.84. The zero-order valence-corrected chi connectivity index (χ0v) is 12.2. The van der Waals surface area contributed by atoms with E-state index in [1.54, 1.807) is 6.20 Å². The molecule has 0 radical (unpaired) electrons. The fraction of sp³-hybridized carbons (Fsp3) is 0.250. The first-order valence-corrected chi connectivity index (χ1v) is 6.56. The maximum absolute atomic E-state index is 12.7. The predicted octanol–water partition coefficient (Wildman–Crippen LogP) is 4.12. The Hall–Kier alpha value is -2.23. The van der Waals surface area contributed by atoms with Crippen LogP contribution in [0.2, 0.25) is 0 Å². The summed E-state index contributed by atoms with van der Waals surface area (Å²) >= 11 is 0. The molecule has 1 N–H and O–H groups in total. The zero-order valence-electron chi connectivity index (χ0n) is 12.2. The number of aryl methyl sites for hydroxylation is 2. The van der Waals surface area contributed by atoms with Gasteiger partial charge in [-0.05, 0) is 49.2 Å². The second-order valence-electron chi connectivity index (χ2n) is 4.14. The quantitative estimate of drug-likeness (QED) is 0.895. The third-order valence-corrected chi connectivity index (χ3v) is 2.55. The highest BCUT2D eigenvalue weighted by Gasteiger charge is 2.08. The molecule has 0 fully saturated rings. The van der Waals surface area contributed by atoms with Crippen LogP contribution in [-0.4, -0.2) is 10.9 Å². The number of benzene rings is 1. The van der Waals surface area contributed by atoms with E-state index in [9.17, 15) is 9.18 Å². The third kappa shape index (κ3) is 4.16. The number of nitrogens with one attached hydrogen (secondary N) is 1. The summed E-state index contributed by atoms with van der Waals surface area (Å²) in [5.74, 6) is -0.138. The summed E-state index contributed by atoms with van der Waals surface area (Å²) < 4.78 is 12.7. The molecule has 3 nitrogen and oxygen atoms in total. The number of hydrogen-bond acceptors (Lipinski definition) is 2. The van der Waals surface area contributed by atoms with Crippen molar-refractivity contribution < 1.29 is 9.18 Å². The van der Waals surface area contributed by atoms with Gasteiger partial charge in [0.05, 0.1) is 0 Å². The van der Waals surface area contributed by atoms with Gasteiger partial charge in [0, 0.05) is 11.8 Å². The minimum atomic E-state index is -0.365. The molecule has 2 rings (SSSR count). The van der Waals surface area contributed by atoms with Gasteiger partial charge < -0.3 is 5.32 Å². The molecule has 106 valence electrons. The molecule has 1 aromatic heterocycles. The summed E-state index contributed by atoms with van der Waals surface area (Å²) in [6.45, 7) is 7.81. The molecule has 0 aliphatic heterocycles. The summed E-state index contributed by atoms with van der Waals surface area (Å²) in [6, 6.07) is 7.32. The molecular formula is C16H19FN2O. The normalized spacial score (nSPS) is 9.45. The smallest absolute Gasteiger partial charge is 0.256 e. The van der Waals surface area contributed by atoms with Crippen LogP contribution >= 0.6 is 0 Å². The first-order valence-electron chi connectivity index (χ1n) is 6.56. The van der Waals surface area contributed by atoms with E-state index in [0.29, 0.717) is 11.4 Å². The SMILES string of the molecule is CC.Cc1cnc(NC(=O)c2ccc(F)cc2)c(C)c1. The highest BCUT2D eigenvalue weighted by atomic mass is 19.1. The Balaban J connectivity index is 0.000000956. The van der Waals surface area contributed by atoms with Crippen molar-refractivity contribution in [3.05, 3.63) is 59.0 Å². The number of aromatic nitrogens is 1. The lowest BCUT2D eigenvalue weighted by Crippen LogP contribution is -2.14. The van der Waals surface area contributed by atoms with Crippen molar-refractivity contribution in [1.82, 2.24) is 4.98 Å². The third-order valence-electron chi connectivity index (χ3n) is 2.55. The van der Waals surface area contributed by atoms with Gasteiger partial charge in [0.25, 0.3) is 5.91 Å². The van der Waals surface area contributed by atoms with Crippen LogP contribution in [0.15, 0.2) is 36.5 Å². The van der Waals surface area contributed by atoms with E-state index >= 15 is 0 Å². The van der Waals surface area contributed by atoms with E-state index in [4.69, 9.17) is 0 Å². The lowest BCUT2D eigenvalue weighted by atomic mass is 10.2. The summed E-state index contributed by atoms with van der Waals surface area (Å²) in [6.07, 6.45) is 1.69. The van der Waals surface area contributed by atoms with Crippen molar-refractivity contribution in [2.45, 2.75) is 27.7 Å². The van der Waals surface area contributed by atoms with E-state index in [1.165, 1.54) is 24.3 Å². The molecule has 0 atom stereocenters. The van der Waals surface area contributed by atoms with E-state index in [1.807, 2.05) is 33.8 Å². The van der Waals surface area contributed by atoms with Crippen molar-refractivity contribution >= 4 is 11.7 Å².